The van der Waals surface area contributed by atoms with Gasteiger partial charge in [-0.15, -0.1) is 0 Å². The van der Waals surface area contributed by atoms with Crippen LogP contribution < -0.4 is 10.5 Å². The Hall–Kier alpha value is -2.82. The fourth-order valence-corrected chi connectivity index (χ4v) is 3.72. The zero-order chi connectivity index (χ0) is 19.6. The van der Waals surface area contributed by atoms with Crippen molar-refractivity contribution in [2.24, 2.45) is 11.7 Å². The van der Waals surface area contributed by atoms with Gasteiger partial charge in [-0.1, -0.05) is 12.1 Å². The van der Waals surface area contributed by atoms with Crippen LogP contribution in [0.1, 0.15) is 34.3 Å². The van der Waals surface area contributed by atoms with E-state index in [1.807, 2.05) is 44.2 Å². The van der Waals surface area contributed by atoms with Crippen LogP contribution in [0.2, 0.25) is 0 Å². The number of benzene rings is 2. The van der Waals surface area contributed by atoms with Gasteiger partial charge in [0, 0.05) is 18.7 Å². The molecule has 0 aromatic heterocycles. The Kier molecular flexibility index (Phi) is 5.49. The molecule has 2 aromatic carbocycles. The van der Waals surface area contributed by atoms with E-state index in [0.29, 0.717) is 18.7 Å². The summed E-state index contributed by atoms with van der Waals surface area (Å²) in [5, 5.41) is 0. The van der Waals surface area contributed by atoms with Crippen molar-refractivity contribution in [2.75, 3.05) is 20.2 Å². The van der Waals surface area contributed by atoms with Gasteiger partial charge >= 0.3 is 0 Å². The largest absolute Gasteiger partial charge is 0.496 e. The van der Waals surface area contributed by atoms with E-state index in [9.17, 15) is 9.59 Å². The van der Waals surface area contributed by atoms with Gasteiger partial charge in [0.2, 0.25) is 5.91 Å². The van der Waals surface area contributed by atoms with Crippen LogP contribution in [0, 0.1) is 19.8 Å². The first kappa shape index (κ1) is 19.0. The molecule has 3 rings (SSSR count). The number of aryl methyl sites for hydroxylation is 2. The number of methoxy groups -OCH3 is 1. The fourth-order valence-electron chi connectivity index (χ4n) is 3.72. The molecule has 0 bridgehead atoms. The Labute approximate surface area is 160 Å². The number of primary amides is 1. The van der Waals surface area contributed by atoms with Crippen LogP contribution in [0.15, 0.2) is 36.4 Å². The van der Waals surface area contributed by atoms with Gasteiger partial charge in [-0.2, -0.15) is 0 Å². The minimum atomic E-state index is -0.328. The van der Waals surface area contributed by atoms with Crippen LogP contribution in [0.3, 0.4) is 0 Å². The normalized spacial score (nSPS) is 16.9. The van der Waals surface area contributed by atoms with Crippen molar-refractivity contribution in [3.05, 3.63) is 53.1 Å². The molecule has 0 aliphatic carbocycles. The van der Waals surface area contributed by atoms with Crippen molar-refractivity contribution < 1.29 is 14.3 Å². The summed E-state index contributed by atoms with van der Waals surface area (Å²) < 4.78 is 5.39. The summed E-state index contributed by atoms with van der Waals surface area (Å²) in [7, 11) is 1.67. The number of hydrogen-bond acceptors (Lipinski definition) is 3. The first-order chi connectivity index (χ1) is 12.9. The molecule has 1 saturated heterocycles. The molecule has 2 aromatic rings. The number of nitrogens with zero attached hydrogens (tertiary/aromatic N) is 1. The molecule has 0 saturated carbocycles. The summed E-state index contributed by atoms with van der Waals surface area (Å²) in [6.07, 6.45) is 1.55. The number of hydrogen-bond donors (Lipinski definition) is 1. The zero-order valence-corrected chi connectivity index (χ0v) is 16.1. The second-order valence-corrected chi connectivity index (χ2v) is 7.21. The first-order valence-electron chi connectivity index (χ1n) is 9.25. The van der Waals surface area contributed by atoms with Gasteiger partial charge in [0.1, 0.15) is 5.75 Å². The Bertz CT molecular complexity index is 876. The highest BCUT2D eigenvalue weighted by atomic mass is 16.5. The monoisotopic (exact) mass is 366 g/mol. The number of carbonyl (C=O) groups is 2. The van der Waals surface area contributed by atoms with E-state index in [1.165, 1.54) is 0 Å². The second kappa shape index (κ2) is 7.82. The molecule has 2 amide bonds. The van der Waals surface area contributed by atoms with Gasteiger partial charge in [0.15, 0.2) is 0 Å². The molecule has 1 aliphatic rings. The minimum Gasteiger partial charge on any atom is -0.496 e. The molecular formula is C22H26N2O3. The van der Waals surface area contributed by atoms with E-state index in [2.05, 4.69) is 6.07 Å². The Balaban J connectivity index is 1.89. The zero-order valence-electron chi connectivity index (χ0n) is 16.1. The van der Waals surface area contributed by atoms with Gasteiger partial charge in [-0.3, -0.25) is 9.59 Å². The molecule has 5 nitrogen and oxygen atoms in total. The van der Waals surface area contributed by atoms with Crippen LogP contribution >= 0.6 is 0 Å². The first-order valence-corrected chi connectivity index (χ1v) is 9.25. The third-order valence-electron chi connectivity index (χ3n) is 5.27. The summed E-state index contributed by atoms with van der Waals surface area (Å²) in [5.74, 6) is 0.225. The third kappa shape index (κ3) is 3.97. The van der Waals surface area contributed by atoms with Gasteiger partial charge in [0.05, 0.1) is 13.0 Å². The average Bonchev–Trinajstić information content (AvgIpc) is 2.69. The number of rotatable bonds is 4. The van der Waals surface area contributed by atoms with E-state index in [1.54, 1.807) is 12.0 Å². The topological polar surface area (TPSA) is 72.6 Å². The number of nitrogens with two attached hydrogens (primary N) is 1. The highest BCUT2D eigenvalue weighted by Gasteiger charge is 2.27. The summed E-state index contributed by atoms with van der Waals surface area (Å²) in [6, 6.07) is 11.8. The smallest absolute Gasteiger partial charge is 0.253 e. The minimum absolute atomic E-state index is 0.0503. The maximum atomic E-state index is 13.0. The lowest BCUT2D eigenvalue weighted by molar-refractivity contribution is -0.123. The van der Waals surface area contributed by atoms with Crippen LogP contribution in [0.4, 0.5) is 0 Å². The highest BCUT2D eigenvalue weighted by molar-refractivity contribution is 5.96. The van der Waals surface area contributed by atoms with E-state index >= 15 is 0 Å². The quantitative estimate of drug-likeness (QED) is 0.902. The van der Waals surface area contributed by atoms with E-state index in [4.69, 9.17) is 10.5 Å². The van der Waals surface area contributed by atoms with E-state index in [-0.39, 0.29) is 17.7 Å². The SMILES string of the molecule is COc1cc(C)c(-c2cccc(C(=O)N3CCC[C@@H](C(N)=O)C3)c2)cc1C. The molecule has 27 heavy (non-hydrogen) atoms. The summed E-state index contributed by atoms with van der Waals surface area (Å²) >= 11 is 0. The standard InChI is InChI=1S/C22H26N2O3/c1-14-11-20(27-3)15(2)10-19(14)16-6-4-7-17(12-16)22(26)24-9-5-8-18(13-24)21(23)25/h4,6-7,10-12,18H,5,8-9,13H2,1-3H3,(H2,23,25)/t18-/m1/s1. The lowest BCUT2D eigenvalue weighted by Gasteiger charge is -2.31. The average molecular weight is 366 g/mol. The maximum Gasteiger partial charge on any atom is 0.253 e. The number of likely N-dealkylation sites (tertiary alicyclic amines) is 1. The molecule has 1 atom stereocenters. The van der Waals surface area contributed by atoms with Crippen LogP contribution in [-0.4, -0.2) is 36.9 Å². The predicted molar refractivity (Wildman–Crippen MR) is 106 cm³/mol. The fraction of sp³-hybridized carbons (Fsp3) is 0.364. The van der Waals surface area contributed by atoms with Gasteiger partial charge in [0.25, 0.3) is 5.91 Å². The molecule has 1 heterocycles. The van der Waals surface area contributed by atoms with Gasteiger partial charge < -0.3 is 15.4 Å². The van der Waals surface area contributed by atoms with Crippen LogP contribution in [-0.2, 0) is 4.79 Å². The summed E-state index contributed by atoms with van der Waals surface area (Å²) in [4.78, 5) is 26.2. The van der Waals surface area contributed by atoms with Crippen LogP contribution in [0.25, 0.3) is 11.1 Å². The molecule has 1 aliphatic heterocycles. The van der Waals surface area contributed by atoms with Crippen LogP contribution in [0.5, 0.6) is 5.75 Å². The number of ether oxygens (including phenoxy) is 1. The second-order valence-electron chi connectivity index (χ2n) is 7.21. The number of piperidine rings is 1. The third-order valence-corrected chi connectivity index (χ3v) is 5.27. The van der Waals surface area contributed by atoms with E-state index < -0.39 is 0 Å². The molecule has 0 radical (unpaired) electrons. The van der Waals surface area contributed by atoms with E-state index in [0.717, 1.165) is 40.8 Å². The van der Waals surface area contributed by atoms with Crippen molar-refractivity contribution in [1.29, 1.82) is 0 Å². The molecule has 5 heteroatoms. The van der Waals surface area contributed by atoms with Crippen molar-refractivity contribution in [1.82, 2.24) is 4.90 Å². The Morgan fingerprint density at radius 2 is 1.93 bits per heavy atom. The summed E-state index contributed by atoms with van der Waals surface area (Å²) in [6.45, 7) is 5.11. The number of amides is 2. The molecule has 2 N–H and O–H groups in total. The molecule has 1 fully saturated rings. The van der Waals surface area contributed by atoms with Crippen molar-refractivity contribution >= 4 is 11.8 Å². The highest BCUT2D eigenvalue weighted by Crippen LogP contribution is 2.31. The summed E-state index contributed by atoms with van der Waals surface area (Å²) in [5.41, 5.74) is 10.3. The lowest BCUT2D eigenvalue weighted by atomic mass is 9.95. The van der Waals surface area contributed by atoms with Gasteiger partial charge in [-0.25, -0.2) is 0 Å². The molecule has 0 spiro atoms. The van der Waals surface area contributed by atoms with Crippen molar-refractivity contribution in [2.45, 2.75) is 26.7 Å². The molecular weight excluding hydrogens is 340 g/mol. The van der Waals surface area contributed by atoms with Crippen molar-refractivity contribution in [3.8, 4) is 16.9 Å². The maximum absolute atomic E-state index is 13.0. The molecule has 142 valence electrons. The predicted octanol–water partition coefficient (Wildman–Crippen LogP) is 3.32. The Morgan fingerprint density at radius 1 is 1.15 bits per heavy atom. The van der Waals surface area contributed by atoms with Gasteiger partial charge in [-0.05, 0) is 73.2 Å². The number of carbonyl (C=O) groups excluding carboxylic acids is 2. The lowest BCUT2D eigenvalue weighted by Crippen LogP contribution is -2.44. The molecule has 0 unspecified atom stereocenters. The van der Waals surface area contributed by atoms with Crippen molar-refractivity contribution in [3.63, 3.8) is 0 Å². The Morgan fingerprint density at radius 3 is 2.63 bits per heavy atom.